The zero-order valence-electron chi connectivity index (χ0n) is 13.8. The summed E-state index contributed by atoms with van der Waals surface area (Å²) >= 11 is 0. The van der Waals surface area contributed by atoms with E-state index in [9.17, 15) is 13.2 Å². The van der Waals surface area contributed by atoms with Crippen LogP contribution in [-0.2, 0) is 14.8 Å². The van der Waals surface area contributed by atoms with Crippen LogP contribution in [0.1, 0.15) is 18.0 Å². The Morgan fingerprint density at radius 2 is 1.72 bits per heavy atom. The predicted molar refractivity (Wildman–Crippen MR) is 91.3 cm³/mol. The van der Waals surface area contributed by atoms with Gasteiger partial charge in [-0.1, -0.05) is 24.3 Å². The number of benzene rings is 2. The quantitative estimate of drug-likeness (QED) is 0.744. The summed E-state index contributed by atoms with van der Waals surface area (Å²) in [4.78, 5) is 11.3. The largest absolute Gasteiger partial charge is 0.493 e. The summed E-state index contributed by atoms with van der Waals surface area (Å²) in [6.45, 7) is 0. The van der Waals surface area contributed by atoms with Crippen molar-refractivity contribution in [1.82, 2.24) is 4.72 Å². The SMILES string of the molecule is COc1ccc([C@@H](CC(=O)O)NS(=O)(=O)c2ccccc2)cc1OC. The van der Waals surface area contributed by atoms with Crippen molar-refractivity contribution < 1.29 is 27.8 Å². The first-order valence-electron chi connectivity index (χ1n) is 7.38. The van der Waals surface area contributed by atoms with Crippen LogP contribution in [0.4, 0.5) is 0 Å². The number of carbonyl (C=O) groups is 1. The molecule has 0 aliphatic rings. The molecule has 134 valence electrons. The van der Waals surface area contributed by atoms with Crippen molar-refractivity contribution in [3.05, 3.63) is 54.1 Å². The molecule has 0 amide bonds. The highest BCUT2D eigenvalue weighted by molar-refractivity contribution is 7.89. The highest BCUT2D eigenvalue weighted by atomic mass is 32.2. The molecule has 0 radical (unpaired) electrons. The topological polar surface area (TPSA) is 102 Å². The minimum atomic E-state index is -3.87. The number of carboxylic acids is 1. The van der Waals surface area contributed by atoms with E-state index in [-0.39, 0.29) is 4.90 Å². The van der Waals surface area contributed by atoms with E-state index in [2.05, 4.69) is 4.72 Å². The van der Waals surface area contributed by atoms with Gasteiger partial charge in [-0.3, -0.25) is 4.79 Å². The van der Waals surface area contributed by atoms with E-state index in [4.69, 9.17) is 14.6 Å². The molecule has 0 aliphatic heterocycles. The number of sulfonamides is 1. The standard InChI is InChI=1S/C17H19NO6S/c1-23-15-9-8-12(10-16(15)24-2)14(11-17(19)20)18-25(21,22)13-6-4-3-5-7-13/h3-10,14,18H,11H2,1-2H3,(H,19,20)/t14-/m1/s1. The molecule has 0 bridgehead atoms. The summed E-state index contributed by atoms with van der Waals surface area (Å²) in [5, 5.41) is 9.15. The van der Waals surface area contributed by atoms with Crippen molar-refractivity contribution in [3.63, 3.8) is 0 Å². The molecule has 25 heavy (non-hydrogen) atoms. The minimum absolute atomic E-state index is 0.0610. The number of carboxylic acid groups (broad SMARTS) is 1. The Hall–Kier alpha value is -2.58. The molecular weight excluding hydrogens is 346 g/mol. The van der Waals surface area contributed by atoms with Crippen molar-refractivity contribution >= 4 is 16.0 Å². The molecule has 0 unspecified atom stereocenters. The Kier molecular flexibility index (Phi) is 6.00. The number of rotatable bonds is 8. The molecule has 7 nitrogen and oxygen atoms in total. The molecule has 1 atom stereocenters. The third-order valence-electron chi connectivity index (χ3n) is 3.54. The molecule has 0 saturated heterocycles. The lowest BCUT2D eigenvalue weighted by molar-refractivity contribution is -0.137. The Bertz CT molecular complexity index is 835. The van der Waals surface area contributed by atoms with Crippen molar-refractivity contribution in [3.8, 4) is 11.5 Å². The fourth-order valence-electron chi connectivity index (χ4n) is 2.33. The van der Waals surface area contributed by atoms with Crippen LogP contribution < -0.4 is 14.2 Å². The zero-order valence-corrected chi connectivity index (χ0v) is 14.6. The molecule has 2 aromatic rings. The van der Waals surface area contributed by atoms with Crippen LogP contribution in [0, 0.1) is 0 Å². The van der Waals surface area contributed by atoms with E-state index in [0.29, 0.717) is 17.1 Å². The summed E-state index contributed by atoms with van der Waals surface area (Å²) in [7, 11) is -0.951. The number of hydrogen-bond donors (Lipinski definition) is 2. The number of nitrogens with one attached hydrogen (secondary N) is 1. The average Bonchev–Trinajstić information content (AvgIpc) is 2.60. The summed E-state index contributed by atoms with van der Waals surface area (Å²) in [6, 6.07) is 11.6. The molecule has 0 heterocycles. The summed E-state index contributed by atoms with van der Waals surface area (Å²) in [6.07, 6.45) is -0.415. The Morgan fingerprint density at radius 3 is 2.28 bits per heavy atom. The van der Waals surface area contributed by atoms with Gasteiger partial charge in [-0.2, -0.15) is 0 Å². The van der Waals surface area contributed by atoms with E-state index in [0.717, 1.165) is 0 Å². The van der Waals surface area contributed by atoms with Gasteiger partial charge in [0.2, 0.25) is 10.0 Å². The van der Waals surface area contributed by atoms with E-state index in [1.54, 1.807) is 36.4 Å². The van der Waals surface area contributed by atoms with Gasteiger partial charge in [-0.05, 0) is 29.8 Å². The third-order valence-corrected chi connectivity index (χ3v) is 5.03. The van der Waals surface area contributed by atoms with Gasteiger partial charge < -0.3 is 14.6 Å². The number of hydrogen-bond acceptors (Lipinski definition) is 5. The molecule has 0 saturated carbocycles. The second-order valence-electron chi connectivity index (χ2n) is 5.20. The molecule has 0 spiro atoms. The smallest absolute Gasteiger partial charge is 0.305 e. The predicted octanol–water partition coefficient (Wildman–Crippen LogP) is 2.20. The lowest BCUT2D eigenvalue weighted by Gasteiger charge is -2.19. The Morgan fingerprint density at radius 1 is 1.08 bits per heavy atom. The van der Waals surface area contributed by atoms with Crippen LogP contribution in [0.5, 0.6) is 11.5 Å². The van der Waals surface area contributed by atoms with Crippen LogP contribution in [0.2, 0.25) is 0 Å². The normalized spacial score (nSPS) is 12.4. The number of aliphatic carboxylic acids is 1. The Labute approximate surface area is 146 Å². The van der Waals surface area contributed by atoms with Crippen LogP contribution in [0.15, 0.2) is 53.4 Å². The van der Waals surface area contributed by atoms with E-state index < -0.39 is 28.5 Å². The second kappa shape index (κ2) is 8.00. The van der Waals surface area contributed by atoms with Gasteiger partial charge in [0, 0.05) is 0 Å². The van der Waals surface area contributed by atoms with Gasteiger partial charge in [0.05, 0.1) is 31.6 Å². The van der Waals surface area contributed by atoms with Gasteiger partial charge in [-0.25, -0.2) is 13.1 Å². The monoisotopic (exact) mass is 365 g/mol. The van der Waals surface area contributed by atoms with Gasteiger partial charge >= 0.3 is 5.97 Å². The first-order chi connectivity index (χ1) is 11.9. The molecule has 2 rings (SSSR count). The zero-order chi connectivity index (χ0) is 18.4. The maximum absolute atomic E-state index is 12.5. The highest BCUT2D eigenvalue weighted by Crippen LogP contribution is 2.31. The van der Waals surface area contributed by atoms with Crippen molar-refractivity contribution in [2.45, 2.75) is 17.4 Å². The molecule has 2 N–H and O–H groups in total. The van der Waals surface area contributed by atoms with Crippen LogP contribution in [-0.4, -0.2) is 33.7 Å². The van der Waals surface area contributed by atoms with Gasteiger partial charge in [0.1, 0.15) is 0 Å². The summed E-state index contributed by atoms with van der Waals surface area (Å²) < 4.78 is 37.8. The lowest BCUT2D eigenvalue weighted by atomic mass is 10.0. The minimum Gasteiger partial charge on any atom is -0.493 e. The fraction of sp³-hybridized carbons (Fsp3) is 0.235. The molecule has 0 fully saturated rings. The van der Waals surface area contributed by atoms with Crippen LogP contribution >= 0.6 is 0 Å². The maximum Gasteiger partial charge on any atom is 0.305 e. The summed E-state index contributed by atoms with van der Waals surface area (Å²) in [5.41, 5.74) is 0.458. The highest BCUT2D eigenvalue weighted by Gasteiger charge is 2.24. The van der Waals surface area contributed by atoms with Gasteiger partial charge in [-0.15, -0.1) is 0 Å². The van der Waals surface area contributed by atoms with E-state index in [1.165, 1.54) is 26.4 Å². The van der Waals surface area contributed by atoms with Gasteiger partial charge in [0.15, 0.2) is 11.5 Å². The molecule has 0 aliphatic carbocycles. The number of methoxy groups -OCH3 is 2. The fourth-order valence-corrected chi connectivity index (χ4v) is 3.57. The molecule has 8 heteroatoms. The van der Waals surface area contributed by atoms with Crippen molar-refractivity contribution in [2.24, 2.45) is 0 Å². The van der Waals surface area contributed by atoms with E-state index in [1.807, 2.05) is 0 Å². The van der Waals surface area contributed by atoms with Crippen LogP contribution in [0.3, 0.4) is 0 Å². The van der Waals surface area contributed by atoms with Crippen LogP contribution in [0.25, 0.3) is 0 Å². The van der Waals surface area contributed by atoms with E-state index >= 15 is 0 Å². The second-order valence-corrected chi connectivity index (χ2v) is 6.91. The van der Waals surface area contributed by atoms with Gasteiger partial charge in [0.25, 0.3) is 0 Å². The Balaban J connectivity index is 2.38. The molecule has 2 aromatic carbocycles. The number of ether oxygens (including phenoxy) is 2. The average molecular weight is 365 g/mol. The van der Waals surface area contributed by atoms with Crippen molar-refractivity contribution in [1.29, 1.82) is 0 Å². The maximum atomic E-state index is 12.5. The lowest BCUT2D eigenvalue weighted by Crippen LogP contribution is -2.30. The summed E-state index contributed by atoms with van der Waals surface area (Å²) in [5.74, 6) is -0.281. The van der Waals surface area contributed by atoms with Crippen molar-refractivity contribution in [2.75, 3.05) is 14.2 Å². The third kappa shape index (κ3) is 4.71. The first-order valence-corrected chi connectivity index (χ1v) is 8.87. The molecular formula is C17H19NO6S. The molecule has 0 aromatic heterocycles. The first kappa shape index (κ1) is 18.8.